The Bertz CT molecular complexity index is 465. The normalized spacial score (nSPS) is 11.3. The molecule has 0 aromatic heterocycles. The maximum absolute atomic E-state index is 11.6. The van der Waals surface area contributed by atoms with Crippen molar-refractivity contribution in [3.8, 4) is 0 Å². The standard InChI is InChI=1S/C10H14N2O3S/c1-2-8-3-5-9(6-4-8)16(14,15)12-7-10(11)13/h3-6,12H,2,7H2,1H3,(H2,11,13). The molecule has 3 N–H and O–H groups in total. The number of nitrogens with two attached hydrogens (primary N) is 1. The predicted molar refractivity (Wildman–Crippen MR) is 60.2 cm³/mol. The van der Waals surface area contributed by atoms with Gasteiger partial charge in [0.15, 0.2) is 0 Å². The van der Waals surface area contributed by atoms with Crippen molar-refractivity contribution in [2.45, 2.75) is 18.2 Å². The number of nitrogens with one attached hydrogen (secondary N) is 1. The van der Waals surface area contributed by atoms with Crippen LogP contribution in [0, 0.1) is 0 Å². The minimum atomic E-state index is -3.63. The molecule has 0 bridgehead atoms. The van der Waals surface area contributed by atoms with E-state index in [2.05, 4.69) is 4.72 Å². The van der Waals surface area contributed by atoms with E-state index in [1.54, 1.807) is 12.1 Å². The number of benzene rings is 1. The lowest BCUT2D eigenvalue weighted by Crippen LogP contribution is -2.33. The molecule has 0 fully saturated rings. The molecule has 5 nitrogen and oxygen atoms in total. The van der Waals surface area contributed by atoms with Gasteiger partial charge in [-0.2, -0.15) is 0 Å². The van der Waals surface area contributed by atoms with Crippen LogP contribution in [0.3, 0.4) is 0 Å². The summed E-state index contributed by atoms with van der Waals surface area (Å²) in [6, 6.07) is 6.47. The van der Waals surface area contributed by atoms with Crippen LogP contribution in [-0.2, 0) is 21.2 Å². The molecule has 88 valence electrons. The van der Waals surface area contributed by atoms with Crippen LogP contribution in [0.25, 0.3) is 0 Å². The highest BCUT2D eigenvalue weighted by atomic mass is 32.2. The molecule has 0 unspecified atom stereocenters. The molecular formula is C10H14N2O3S. The molecule has 0 saturated carbocycles. The van der Waals surface area contributed by atoms with Gasteiger partial charge in [0, 0.05) is 0 Å². The summed E-state index contributed by atoms with van der Waals surface area (Å²) >= 11 is 0. The Kier molecular flexibility index (Phi) is 4.03. The zero-order valence-corrected chi connectivity index (χ0v) is 9.75. The van der Waals surface area contributed by atoms with Crippen molar-refractivity contribution in [2.24, 2.45) is 5.73 Å². The first-order valence-electron chi connectivity index (χ1n) is 4.82. The molecule has 1 rings (SSSR count). The van der Waals surface area contributed by atoms with E-state index in [-0.39, 0.29) is 4.90 Å². The van der Waals surface area contributed by atoms with E-state index in [0.29, 0.717) is 0 Å². The minimum absolute atomic E-state index is 0.131. The van der Waals surface area contributed by atoms with Crippen molar-refractivity contribution >= 4 is 15.9 Å². The Hall–Kier alpha value is -1.40. The Labute approximate surface area is 94.7 Å². The van der Waals surface area contributed by atoms with Crippen molar-refractivity contribution < 1.29 is 13.2 Å². The number of carbonyl (C=O) groups is 1. The number of carbonyl (C=O) groups excluding carboxylic acids is 1. The van der Waals surface area contributed by atoms with Gasteiger partial charge in [0.2, 0.25) is 15.9 Å². The van der Waals surface area contributed by atoms with E-state index in [1.807, 2.05) is 6.92 Å². The lowest BCUT2D eigenvalue weighted by Gasteiger charge is -2.05. The SMILES string of the molecule is CCc1ccc(S(=O)(=O)NCC(N)=O)cc1. The summed E-state index contributed by atoms with van der Waals surface area (Å²) in [6.45, 7) is 1.59. The van der Waals surface area contributed by atoms with Gasteiger partial charge in [-0.25, -0.2) is 13.1 Å². The number of hydrogen-bond acceptors (Lipinski definition) is 3. The Morgan fingerprint density at radius 2 is 1.88 bits per heavy atom. The lowest BCUT2D eigenvalue weighted by molar-refractivity contribution is -0.116. The van der Waals surface area contributed by atoms with Gasteiger partial charge in [-0.1, -0.05) is 19.1 Å². The second kappa shape index (κ2) is 5.09. The van der Waals surface area contributed by atoms with Gasteiger partial charge in [0.1, 0.15) is 0 Å². The third-order valence-electron chi connectivity index (χ3n) is 2.08. The zero-order valence-electron chi connectivity index (χ0n) is 8.93. The van der Waals surface area contributed by atoms with E-state index >= 15 is 0 Å². The van der Waals surface area contributed by atoms with Crippen molar-refractivity contribution in [3.05, 3.63) is 29.8 Å². The molecule has 1 aromatic carbocycles. The van der Waals surface area contributed by atoms with Gasteiger partial charge in [-0.3, -0.25) is 4.79 Å². The van der Waals surface area contributed by atoms with Gasteiger partial charge in [0.25, 0.3) is 0 Å². The maximum atomic E-state index is 11.6. The minimum Gasteiger partial charge on any atom is -0.369 e. The summed E-state index contributed by atoms with van der Waals surface area (Å²) in [5.41, 5.74) is 5.91. The maximum Gasteiger partial charge on any atom is 0.241 e. The van der Waals surface area contributed by atoms with Crippen molar-refractivity contribution in [3.63, 3.8) is 0 Å². The molecule has 0 radical (unpaired) electrons. The fourth-order valence-corrected chi connectivity index (χ4v) is 2.15. The highest BCUT2D eigenvalue weighted by Crippen LogP contribution is 2.10. The van der Waals surface area contributed by atoms with Gasteiger partial charge in [-0.15, -0.1) is 0 Å². The number of sulfonamides is 1. The average molecular weight is 242 g/mol. The fraction of sp³-hybridized carbons (Fsp3) is 0.300. The smallest absolute Gasteiger partial charge is 0.241 e. The van der Waals surface area contributed by atoms with Crippen LogP contribution in [0.5, 0.6) is 0 Å². The van der Waals surface area contributed by atoms with Crippen molar-refractivity contribution in [1.82, 2.24) is 4.72 Å². The Balaban J connectivity index is 2.85. The highest BCUT2D eigenvalue weighted by molar-refractivity contribution is 7.89. The van der Waals surface area contributed by atoms with Gasteiger partial charge < -0.3 is 5.73 Å². The number of rotatable bonds is 5. The molecule has 0 saturated heterocycles. The van der Waals surface area contributed by atoms with E-state index in [0.717, 1.165) is 12.0 Å². The topological polar surface area (TPSA) is 89.3 Å². The van der Waals surface area contributed by atoms with Gasteiger partial charge in [0.05, 0.1) is 11.4 Å². The first-order chi connectivity index (χ1) is 7.45. The molecule has 0 spiro atoms. The second-order valence-corrected chi connectivity index (χ2v) is 5.06. The summed E-state index contributed by atoms with van der Waals surface area (Å²) in [5.74, 6) is -0.714. The molecule has 0 aliphatic heterocycles. The van der Waals surface area contributed by atoms with E-state index in [1.165, 1.54) is 12.1 Å². The molecule has 0 aliphatic rings. The first-order valence-corrected chi connectivity index (χ1v) is 6.31. The Morgan fingerprint density at radius 3 is 2.31 bits per heavy atom. The summed E-state index contributed by atoms with van der Waals surface area (Å²) < 4.78 is 25.3. The van der Waals surface area contributed by atoms with Gasteiger partial charge in [-0.05, 0) is 24.1 Å². The van der Waals surface area contributed by atoms with Crippen LogP contribution < -0.4 is 10.5 Å². The third-order valence-corrected chi connectivity index (χ3v) is 3.50. The molecule has 6 heteroatoms. The first kappa shape index (κ1) is 12.7. The quantitative estimate of drug-likeness (QED) is 0.762. The Morgan fingerprint density at radius 1 is 1.31 bits per heavy atom. The van der Waals surface area contributed by atoms with Crippen LogP contribution in [0.15, 0.2) is 29.2 Å². The largest absolute Gasteiger partial charge is 0.369 e. The third kappa shape index (κ3) is 3.32. The number of aryl methyl sites for hydroxylation is 1. The van der Waals surface area contributed by atoms with E-state index in [4.69, 9.17) is 5.73 Å². The molecule has 1 amide bonds. The van der Waals surface area contributed by atoms with Crippen molar-refractivity contribution in [1.29, 1.82) is 0 Å². The van der Waals surface area contributed by atoms with Crippen LogP contribution >= 0.6 is 0 Å². The van der Waals surface area contributed by atoms with Crippen LogP contribution in [0.1, 0.15) is 12.5 Å². The van der Waals surface area contributed by atoms with E-state index < -0.39 is 22.5 Å². The number of primary amides is 1. The lowest BCUT2D eigenvalue weighted by atomic mass is 10.2. The molecule has 0 aliphatic carbocycles. The molecular weight excluding hydrogens is 228 g/mol. The molecule has 0 atom stereocenters. The summed E-state index contributed by atoms with van der Waals surface area (Å²) in [6.07, 6.45) is 0.842. The van der Waals surface area contributed by atoms with Crippen LogP contribution in [-0.4, -0.2) is 20.9 Å². The fourth-order valence-electron chi connectivity index (χ4n) is 1.15. The molecule has 1 aromatic rings. The molecule has 16 heavy (non-hydrogen) atoms. The highest BCUT2D eigenvalue weighted by Gasteiger charge is 2.13. The van der Waals surface area contributed by atoms with Crippen LogP contribution in [0.2, 0.25) is 0 Å². The van der Waals surface area contributed by atoms with Crippen LogP contribution in [0.4, 0.5) is 0 Å². The molecule has 0 heterocycles. The van der Waals surface area contributed by atoms with Gasteiger partial charge >= 0.3 is 0 Å². The summed E-state index contributed by atoms with van der Waals surface area (Å²) in [4.78, 5) is 10.6. The van der Waals surface area contributed by atoms with Crippen molar-refractivity contribution in [2.75, 3.05) is 6.54 Å². The zero-order chi connectivity index (χ0) is 12.2. The summed E-state index contributed by atoms with van der Waals surface area (Å²) in [7, 11) is -3.63. The average Bonchev–Trinajstić information content (AvgIpc) is 2.27. The monoisotopic (exact) mass is 242 g/mol. The second-order valence-electron chi connectivity index (χ2n) is 3.29. The number of hydrogen-bond donors (Lipinski definition) is 2. The summed E-state index contributed by atoms with van der Waals surface area (Å²) in [5, 5.41) is 0. The predicted octanol–water partition coefficient (Wildman–Crippen LogP) is 0.0126. The van der Waals surface area contributed by atoms with E-state index in [9.17, 15) is 13.2 Å². The number of amides is 1.